The van der Waals surface area contributed by atoms with Gasteiger partial charge in [0.2, 0.25) is 5.90 Å². The second-order valence-corrected chi connectivity index (χ2v) is 4.74. The quantitative estimate of drug-likeness (QED) is 0.798. The van der Waals surface area contributed by atoms with E-state index in [9.17, 15) is 0 Å². The molecule has 0 spiro atoms. The molecule has 0 atom stereocenters. The third-order valence-corrected chi connectivity index (χ3v) is 2.96. The monoisotopic (exact) mass is 245 g/mol. The Hall–Kier alpha value is -1.61. The van der Waals surface area contributed by atoms with Gasteiger partial charge < -0.3 is 9.47 Å². The average molecular weight is 245 g/mol. The summed E-state index contributed by atoms with van der Waals surface area (Å²) < 4.78 is 11.4. The molecule has 3 nitrogen and oxygen atoms in total. The number of benzene rings is 1. The second kappa shape index (κ2) is 5.36. The van der Waals surface area contributed by atoms with Crippen LogP contribution in [0, 0.1) is 0 Å². The highest BCUT2D eigenvalue weighted by Crippen LogP contribution is 2.20. The summed E-state index contributed by atoms with van der Waals surface area (Å²) in [6, 6.07) is 8.07. The Morgan fingerprint density at radius 2 is 2.22 bits per heavy atom. The van der Waals surface area contributed by atoms with E-state index in [0.717, 1.165) is 17.7 Å². The van der Waals surface area contributed by atoms with Crippen LogP contribution in [-0.2, 0) is 16.1 Å². The first-order chi connectivity index (χ1) is 8.63. The van der Waals surface area contributed by atoms with Gasteiger partial charge in [-0.1, -0.05) is 36.9 Å². The van der Waals surface area contributed by atoms with Gasteiger partial charge in [-0.3, -0.25) is 0 Å². The van der Waals surface area contributed by atoms with Crippen molar-refractivity contribution in [1.29, 1.82) is 0 Å². The average Bonchev–Trinajstić information content (AvgIpc) is 2.91. The fourth-order valence-electron chi connectivity index (χ4n) is 1.88. The summed E-state index contributed by atoms with van der Waals surface area (Å²) in [5, 5.41) is 0. The molecule has 0 aliphatic carbocycles. The standard InChI is InChI=1S/C15H19NO2/c1-4-12-7-5-6-8-13(12)11-18-15(2,3)14-16-9-10-17-14/h4-8H,1,9-11H2,2-3H3. The maximum atomic E-state index is 5.94. The summed E-state index contributed by atoms with van der Waals surface area (Å²) in [7, 11) is 0. The minimum Gasteiger partial charge on any atom is -0.477 e. The Balaban J connectivity index is 2.04. The predicted octanol–water partition coefficient (Wildman–Crippen LogP) is 3.05. The summed E-state index contributed by atoms with van der Waals surface area (Å²) in [6.45, 7) is 9.68. The molecule has 1 aliphatic heterocycles. The van der Waals surface area contributed by atoms with Crippen LogP contribution >= 0.6 is 0 Å². The van der Waals surface area contributed by atoms with Crippen molar-refractivity contribution in [2.75, 3.05) is 13.2 Å². The zero-order chi connectivity index (χ0) is 13.0. The van der Waals surface area contributed by atoms with Gasteiger partial charge in [-0.05, 0) is 25.0 Å². The van der Waals surface area contributed by atoms with Gasteiger partial charge in [0.25, 0.3) is 0 Å². The SMILES string of the molecule is C=Cc1ccccc1COC(C)(C)C1=NCCO1. The van der Waals surface area contributed by atoms with Crippen LogP contribution in [0.25, 0.3) is 6.08 Å². The number of nitrogens with zero attached hydrogens (tertiary/aromatic N) is 1. The third kappa shape index (κ3) is 2.79. The maximum absolute atomic E-state index is 5.94. The molecule has 18 heavy (non-hydrogen) atoms. The van der Waals surface area contributed by atoms with Crippen LogP contribution in [-0.4, -0.2) is 24.7 Å². The molecule has 3 heteroatoms. The molecule has 1 aromatic carbocycles. The number of rotatable bonds is 5. The highest BCUT2D eigenvalue weighted by Gasteiger charge is 2.30. The van der Waals surface area contributed by atoms with Crippen molar-refractivity contribution in [1.82, 2.24) is 0 Å². The first kappa shape index (κ1) is 12.8. The van der Waals surface area contributed by atoms with Crippen molar-refractivity contribution in [2.45, 2.75) is 26.1 Å². The molecule has 0 N–H and O–H groups in total. The van der Waals surface area contributed by atoms with Crippen LogP contribution in [0.15, 0.2) is 35.8 Å². The minimum atomic E-state index is -0.481. The van der Waals surface area contributed by atoms with Crippen molar-refractivity contribution in [2.24, 2.45) is 4.99 Å². The summed E-state index contributed by atoms with van der Waals surface area (Å²) >= 11 is 0. The van der Waals surface area contributed by atoms with Gasteiger partial charge in [0, 0.05) is 0 Å². The zero-order valence-corrected chi connectivity index (χ0v) is 11.0. The molecular formula is C15H19NO2. The van der Waals surface area contributed by atoms with Gasteiger partial charge in [-0.15, -0.1) is 0 Å². The molecule has 0 amide bonds. The number of hydrogen-bond donors (Lipinski definition) is 0. The zero-order valence-electron chi connectivity index (χ0n) is 11.0. The first-order valence-electron chi connectivity index (χ1n) is 6.15. The smallest absolute Gasteiger partial charge is 0.216 e. The lowest BCUT2D eigenvalue weighted by atomic mass is 10.1. The fourth-order valence-corrected chi connectivity index (χ4v) is 1.88. The van der Waals surface area contributed by atoms with E-state index < -0.39 is 5.60 Å². The van der Waals surface area contributed by atoms with Crippen LogP contribution in [0.1, 0.15) is 25.0 Å². The molecular weight excluding hydrogens is 226 g/mol. The van der Waals surface area contributed by atoms with Gasteiger partial charge in [-0.2, -0.15) is 0 Å². The van der Waals surface area contributed by atoms with Crippen molar-refractivity contribution in [3.63, 3.8) is 0 Å². The van der Waals surface area contributed by atoms with Crippen molar-refractivity contribution >= 4 is 12.0 Å². The summed E-state index contributed by atoms with van der Waals surface area (Å²) in [6.07, 6.45) is 1.84. The highest BCUT2D eigenvalue weighted by atomic mass is 16.6. The second-order valence-electron chi connectivity index (χ2n) is 4.74. The predicted molar refractivity (Wildman–Crippen MR) is 73.7 cm³/mol. The van der Waals surface area contributed by atoms with Gasteiger partial charge in [0.1, 0.15) is 12.2 Å². The van der Waals surface area contributed by atoms with E-state index in [1.807, 2.05) is 44.2 Å². The van der Waals surface area contributed by atoms with Crippen molar-refractivity contribution in [3.05, 3.63) is 42.0 Å². The van der Waals surface area contributed by atoms with Crippen LogP contribution in [0.5, 0.6) is 0 Å². The van der Waals surface area contributed by atoms with E-state index in [2.05, 4.69) is 11.6 Å². The van der Waals surface area contributed by atoms with E-state index in [1.54, 1.807) is 0 Å². The molecule has 1 aliphatic rings. The van der Waals surface area contributed by atoms with Gasteiger partial charge in [0.05, 0.1) is 13.2 Å². The van der Waals surface area contributed by atoms with E-state index in [-0.39, 0.29) is 0 Å². The molecule has 0 unspecified atom stereocenters. The molecule has 1 aromatic rings. The number of hydrogen-bond acceptors (Lipinski definition) is 3. The molecule has 0 saturated heterocycles. The van der Waals surface area contributed by atoms with Crippen LogP contribution in [0.3, 0.4) is 0 Å². The van der Waals surface area contributed by atoms with E-state index in [1.165, 1.54) is 0 Å². The van der Waals surface area contributed by atoms with E-state index in [0.29, 0.717) is 19.1 Å². The maximum Gasteiger partial charge on any atom is 0.216 e. The molecule has 0 radical (unpaired) electrons. The topological polar surface area (TPSA) is 30.8 Å². The molecule has 0 saturated carbocycles. The van der Waals surface area contributed by atoms with Crippen molar-refractivity contribution in [3.8, 4) is 0 Å². The van der Waals surface area contributed by atoms with Crippen molar-refractivity contribution < 1.29 is 9.47 Å². The normalized spacial score (nSPS) is 15.1. The van der Waals surface area contributed by atoms with Crippen LogP contribution < -0.4 is 0 Å². The van der Waals surface area contributed by atoms with Gasteiger partial charge in [0.15, 0.2) is 0 Å². The Morgan fingerprint density at radius 1 is 1.44 bits per heavy atom. The molecule has 0 fully saturated rings. The molecule has 0 aromatic heterocycles. The summed E-state index contributed by atoms with van der Waals surface area (Å²) in [5.74, 6) is 0.693. The Morgan fingerprint density at radius 3 is 2.89 bits per heavy atom. The van der Waals surface area contributed by atoms with E-state index >= 15 is 0 Å². The van der Waals surface area contributed by atoms with E-state index in [4.69, 9.17) is 9.47 Å². The van der Waals surface area contributed by atoms with Gasteiger partial charge >= 0.3 is 0 Å². The minimum absolute atomic E-state index is 0.481. The number of ether oxygens (including phenoxy) is 2. The Bertz CT molecular complexity index is 463. The highest BCUT2D eigenvalue weighted by molar-refractivity contribution is 5.85. The lowest BCUT2D eigenvalue weighted by Crippen LogP contribution is -2.35. The van der Waals surface area contributed by atoms with Crippen LogP contribution in [0.4, 0.5) is 0 Å². The van der Waals surface area contributed by atoms with Gasteiger partial charge in [-0.25, -0.2) is 4.99 Å². The Kier molecular flexibility index (Phi) is 3.82. The largest absolute Gasteiger partial charge is 0.477 e. The molecule has 1 heterocycles. The Labute approximate surface area is 108 Å². The lowest BCUT2D eigenvalue weighted by molar-refractivity contribution is 0.00728. The number of aliphatic imine (C=N–C) groups is 1. The fraction of sp³-hybridized carbons (Fsp3) is 0.400. The molecule has 0 bridgehead atoms. The summed E-state index contributed by atoms with van der Waals surface area (Å²) in [5.41, 5.74) is 1.74. The molecule has 2 rings (SSSR count). The summed E-state index contributed by atoms with van der Waals surface area (Å²) in [4.78, 5) is 4.31. The molecule has 96 valence electrons. The third-order valence-electron chi connectivity index (χ3n) is 2.96. The first-order valence-corrected chi connectivity index (χ1v) is 6.15. The lowest BCUT2D eigenvalue weighted by Gasteiger charge is -2.24. The van der Waals surface area contributed by atoms with Crippen LogP contribution in [0.2, 0.25) is 0 Å².